The fraction of sp³-hybridized carbons (Fsp3) is 0.188. The molecule has 0 saturated heterocycles. The number of carbonyl (C=O) groups is 2. The lowest BCUT2D eigenvalue weighted by molar-refractivity contribution is 0.0224. The molecule has 0 atom stereocenters. The predicted octanol–water partition coefficient (Wildman–Crippen LogP) is 10.4. The third-order valence-corrected chi connectivity index (χ3v) is 10.5. The van der Waals surface area contributed by atoms with Crippen LogP contribution in [0.2, 0.25) is 0 Å². The molecule has 0 unspecified atom stereocenters. The molecule has 11 heteroatoms. The van der Waals surface area contributed by atoms with Gasteiger partial charge in [-0.1, -0.05) is 36.4 Å². The number of aromatic hydroxyl groups is 2. The molecule has 0 bridgehead atoms. The zero-order chi connectivity index (χ0) is 40.7. The molecular formula is C48H43ClN2O8. The molecule has 3 N–H and O–H groups in total. The monoisotopic (exact) mass is 810 g/mol. The number of aryl methyl sites for hydroxylation is 2. The molecule has 3 aliphatic heterocycles. The fourth-order valence-electron chi connectivity index (χ4n) is 7.94. The molecule has 300 valence electrons. The molecule has 4 aliphatic rings. The molecule has 10 nitrogen and oxygen atoms in total. The van der Waals surface area contributed by atoms with E-state index in [-0.39, 0.29) is 29.9 Å². The van der Waals surface area contributed by atoms with Crippen molar-refractivity contribution < 1.29 is 38.4 Å². The highest BCUT2D eigenvalue weighted by Gasteiger charge is 2.53. The van der Waals surface area contributed by atoms with Crippen molar-refractivity contribution in [2.24, 2.45) is 4.99 Å². The number of nitrogens with zero attached hydrogens (tertiary/aromatic N) is 1. The maximum atomic E-state index is 12.9. The third kappa shape index (κ3) is 6.99. The van der Waals surface area contributed by atoms with E-state index in [1.165, 1.54) is 24.3 Å². The molecule has 3 heterocycles. The van der Waals surface area contributed by atoms with E-state index in [0.717, 1.165) is 62.1 Å². The molecule has 0 saturated carbocycles. The van der Waals surface area contributed by atoms with Gasteiger partial charge in [0, 0.05) is 76.2 Å². The number of ether oxygens (including phenoxy) is 3. The van der Waals surface area contributed by atoms with E-state index in [1.54, 1.807) is 24.3 Å². The van der Waals surface area contributed by atoms with Crippen molar-refractivity contribution in [3.8, 4) is 45.4 Å². The first-order valence-corrected chi connectivity index (χ1v) is 19.3. The molecule has 5 aromatic rings. The van der Waals surface area contributed by atoms with Crippen LogP contribution >= 0.6 is 12.4 Å². The van der Waals surface area contributed by atoms with Gasteiger partial charge in [0.05, 0.1) is 23.1 Å². The second kappa shape index (κ2) is 16.2. The third-order valence-electron chi connectivity index (χ3n) is 10.5. The van der Waals surface area contributed by atoms with Crippen LogP contribution in [0, 0.1) is 13.8 Å². The van der Waals surface area contributed by atoms with Gasteiger partial charge in [-0.15, -0.1) is 12.4 Å². The predicted molar refractivity (Wildman–Crippen MR) is 229 cm³/mol. The van der Waals surface area contributed by atoms with Crippen LogP contribution in [-0.4, -0.2) is 41.8 Å². The summed E-state index contributed by atoms with van der Waals surface area (Å²) >= 11 is 0. The molecule has 1 spiro atoms. The van der Waals surface area contributed by atoms with Gasteiger partial charge in [0.1, 0.15) is 34.3 Å². The van der Waals surface area contributed by atoms with Crippen LogP contribution < -0.4 is 15.4 Å². The van der Waals surface area contributed by atoms with Crippen molar-refractivity contribution in [2.75, 3.05) is 25.0 Å². The Morgan fingerprint density at radius 3 is 2.08 bits per heavy atom. The molecule has 5 aromatic carbocycles. The highest BCUT2D eigenvalue weighted by molar-refractivity contribution is 6.08. The number of hydrogen-bond acceptors (Lipinski definition) is 10. The van der Waals surface area contributed by atoms with Crippen LogP contribution in [-0.2, 0) is 15.1 Å². The van der Waals surface area contributed by atoms with Crippen LogP contribution in [0.15, 0.2) is 119 Å². The summed E-state index contributed by atoms with van der Waals surface area (Å²) in [7, 11) is 0. The van der Waals surface area contributed by atoms with Gasteiger partial charge in [-0.3, -0.25) is 4.99 Å². The van der Waals surface area contributed by atoms with E-state index < -0.39 is 11.6 Å². The molecule has 1 aliphatic carbocycles. The first kappa shape index (κ1) is 40.4. The van der Waals surface area contributed by atoms with E-state index in [9.17, 15) is 19.8 Å². The summed E-state index contributed by atoms with van der Waals surface area (Å²) < 4.78 is 23.6. The Hall–Kier alpha value is -6.78. The summed E-state index contributed by atoms with van der Waals surface area (Å²) in [6, 6.07) is 32.5. The van der Waals surface area contributed by atoms with E-state index in [1.807, 2.05) is 62.4 Å². The average Bonchev–Trinajstić information content (AvgIpc) is 3.50. The summed E-state index contributed by atoms with van der Waals surface area (Å²) in [5.41, 5.74) is 8.53. The van der Waals surface area contributed by atoms with Crippen LogP contribution in [0.25, 0.3) is 33.4 Å². The van der Waals surface area contributed by atoms with Gasteiger partial charge in [-0.05, 0) is 99.8 Å². The molecule has 0 radical (unpaired) electrons. The number of carbonyl (C=O) groups excluding carboxylic acids is 2. The maximum Gasteiger partial charge on any atom is 0.340 e. The van der Waals surface area contributed by atoms with Gasteiger partial charge >= 0.3 is 11.9 Å². The Kier molecular flexibility index (Phi) is 11.1. The van der Waals surface area contributed by atoms with Crippen molar-refractivity contribution >= 4 is 41.0 Å². The van der Waals surface area contributed by atoms with E-state index in [0.29, 0.717) is 52.5 Å². The molecule has 9 rings (SSSR count). The van der Waals surface area contributed by atoms with Gasteiger partial charge in [-0.2, -0.15) is 0 Å². The summed E-state index contributed by atoms with van der Waals surface area (Å²) in [4.78, 5) is 30.0. The minimum absolute atomic E-state index is 0. The number of nitrogens with one attached hydrogen (secondary N) is 1. The van der Waals surface area contributed by atoms with Crippen molar-refractivity contribution in [1.29, 1.82) is 0 Å². The van der Waals surface area contributed by atoms with E-state index in [4.69, 9.17) is 18.6 Å². The van der Waals surface area contributed by atoms with Gasteiger partial charge in [-0.25, -0.2) is 9.59 Å². The van der Waals surface area contributed by atoms with Gasteiger partial charge in [0.2, 0.25) is 0 Å². The Bertz CT molecular complexity index is 2760. The first-order chi connectivity index (χ1) is 28.1. The zero-order valence-corrected chi connectivity index (χ0v) is 34.0. The number of esters is 2. The topological polar surface area (TPSA) is 140 Å². The number of halogens is 1. The van der Waals surface area contributed by atoms with Gasteiger partial charge < -0.3 is 34.2 Å². The van der Waals surface area contributed by atoms with Crippen LogP contribution in [0.4, 0.5) is 5.69 Å². The Morgan fingerprint density at radius 2 is 1.42 bits per heavy atom. The standard InChI is InChI=1S/C28H30N2O3.C20H12O5.ClH/c1-6-29-23-15-25-21(13-17(23)4)27(19-11-9-10-12-20(19)28(31)32-8-3)22-14-18(5)24(30-7-2)16-26(22)33-25;21-11-5-7-15-17(9-11)24-18-10-12(22)6-8-16(18)20(15)14-4-2-1-3-13(14)19(23)25-20;/h9-16,29H,6-8H2,1-5H3;1-10,21-22H;1H. The van der Waals surface area contributed by atoms with Crippen molar-refractivity contribution in [3.05, 3.63) is 153 Å². The summed E-state index contributed by atoms with van der Waals surface area (Å²) in [6.07, 6.45) is 0. The molecule has 59 heavy (non-hydrogen) atoms. The minimum Gasteiger partial charge on any atom is -0.508 e. The second-order valence-electron chi connectivity index (χ2n) is 14.1. The Morgan fingerprint density at radius 1 is 0.763 bits per heavy atom. The largest absolute Gasteiger partial charge is 0.508 e. The Labute approximate surface area is 347 Å². The smallest absolute Gasteiger partial charge is 0.340 e. The normalized spacial score (nSPS) is 13.3. The Balaban J connectivity index is 0.000000182. The lowest BCUT2D eigenvalue weighted by atomic mass is 9.77. The number of phenols is 2. The average molecular weight is 811 g/mol. The van der Waals surface area contributed by atoms with Crippen LogP contribution in [0.5, 0.6) is 23.0 Å². The van der Waals surface area contributed by atoms with E-state index in [2.05, 4.69) is 43.2 Å². The summed E-state index contributed by atoms with van der Waals surface area (Å²) in [5, 5.41) is 24.9. The van der Waals surface area contributed by atoms with E-state index >= 15 is 0 Å². The second-order valence-corrected chi connectivity index (χ2v) is 14.1. The lowest BCUT2D eigenvalue weighted by Crippen LogP contribution is -2.32. The zero-order valence-electron chi connectivity index (χ0n) is 33.2. The maximum absolute atomic E-state index is 12.9. The SMILES string of the molecule is CCN=c1cc2oc3cc(NCC)c(C)cc3c(-c3ccccc3C(=O)OCC)c-2cc1C.Cl.O=C1OC2(c3ccc(O)cc3Oc3cc(O)ccc32)c2ccccc21. The van der Waals surface area contributed by atoms with Crippen LogP contribution in [0.3, 0.4) is 0 Å². The van der Waals surface area contributed by atoms with Crippen molar-refractivity contribution in [1.82, 2.24) is 0 Å². The number of hydrogen-bond donors (Lipinski definition) is 3. The summed E-state index contributed by atoms with van der Waals surface area (Å²) in [5.74, 6) is 0.816. The number of fused-ring (bicyclic) bond motifs is 8. The molecule has 0 amide bonds. The number of phenolic OH excluding ortho intramolecular Hbond substituents is 2. The molecular weight excluding hydrogens is 768 g/mol. The highest BCUT2D eigenvalue weighted by atomic mass is 35.5. The number of benzene rings is 6. The van der Waals surface area contributed by atoms with Gasteiger partial charge in [0.25, 0.3) is 0 Å². The minimum atomic E-state index is -1.17. The molecule has 0 fully saturated rings. The lowest BCUT2D eigenvalue weighted by Gasteiger charge is -2.36. The quantitative estimate of drug-likeness (QED) is 0.111. The van der Waals surface area contributed by atoms with Crippen LogP contribution in [0.1, 0.15) is 69.3 Å². The molecule has 0 aromatic heterocycles. The van der Waals surface area contributed by atoms with Gasteiger partial charge in [0.15, 0.2) is 5.60 Å². The number of rotatable bonds is 6. The highest BCUT2D eigenvalue weighted by Crippen LogP contribution is 2.57. The van der Waals surface area contributed by atoms with Crippen molar-refractivity contribution in [3.63, 3.8) is 0 Å². The summed E-state index contributed by atoms with van der Waals surface area (Å²) in [6.45, 7) is 11.9. The first-order valence-electron chi connectivity index (χ1n) is 19.3. The fourth-order valence-corrected chi connectivity index (χ4v) is 7.94. The van der Waals surface area contributed by atoms with Crippen molar-refractivity contribution in [2.45, 2.75) is 40.2 Å². The number of anilines is 1.